The number of hydrogen-bond donors (Lipinski definition) is 2. The van der Waals surface area contributed by atoms with Gasteiger partial charge >= 0.3 is 0 Å². The van der Waals surface area contributed by atoms with Crippen LogP contribution >= 0.6 is 0 Å². The Morgan fingerprint density at radius 1 is 1.56 bits per heavy atom. The van der Waals surface area contributed by atoms with E-state index in [2.05, 4.69) is 5.32 Å². The monoisotopic (exact) mass is 229 g/mol. The number of aliphatic hydroxyl groups excluding tert-OH is 1. The summed E-state index contributed by atoms with van der Waals surface area (Å²) >= 11 is 0. The van der Waals surface area contributed by atoms with Crippen LogP contribution in [0.3, 0.4) is 0 Å². The molecule has 1 saturated carbocycles. The molecule has 94 valence electrons. The number of amides is 1. The van der Waals surface area contributed by atoms with Gasteiger partial charge in [-0.05, 0) is 38.5 Å². The Morgan fingerprint density at radius 2 is 2.25 bits per heavy atom. The third-order valence-electron chi connectivity index (χ3n) is 3.05. The lowest BCUT2D eigenvalue weighted by Crippen LogP contribution is -2.39. The number of nitrogens with one attached hydrogen (secondary N) is 1. The van der Waals surface area contributed by atoms with E-state index in [4.69, 9.17) is 9.84 Å². The zero-order chi connectivity index (χ0) is 12.0. The van der Waals surface area contributed by atoms with Crippen LogP contribution in [0.15, 0.2) is 0 Å². The summed E-state index contributed by atoms with van der Waals surface area (Å²) in [5, 5.41) is 11.8. The first-order chi connectivity index (χ1) is 7.67. The van der Waals surface area contributed by atoms with Crippen LogP contribution in [-0.4, -0.2) is 36.4 Å². The highest BCUT2D eigenvalue weighted by molar-refractivity contribution is 5.77. The smallest absolute Gasteiger partial charge is 0.246 e. The lowest BCUT2D eigenvalue weighted by atomic mass is 10.1. The largest absolute Gasteiger partial charge is 0.396 e. The van der Waals surface area contributed by atoms with Crippen molar-refractivity contribution in [3.8, 4) is 0 Å². The van der Waals surface area contributed by atoms with Crippen LogP contribution in [-0.2, 0) is 9.53 Å². The van der Waals surface area contributed by atoms with Crippen molar-refractivity contribution in [2.24, 2.45) is 5.92 Å². The van der Waals surface area contributed by atoms with Crippen molar-refractivity contribution in [3.63, 3.8) is 0 Å². The van der Waals surface area contributed by atoms with E-state index in [9.17, 15) is 4.79 Å². The summed E-state index contributed by atoms with van der Waals surface area (Å²) < 4.78 is 5.36. The topological polar surface area (TPSA) is 58.6 Å². The summed E-state index contributed by atoms with van der Waals surface area (Å²) in [4.78, 5) is 11.6. The van der Waals surface area contributed by atoms with Crippen molar-refractivity contribution in [2.75, 3.05) is 13.2 Å². The first-order valence-corrected chi connectivity index (χ1v) is 6.19. The molecule has 0 bridgehead atoms. The van der Waals surface area contributed by atoms with Gasteiger partial charge in [0.1, 0.15) is 6.61 Å². The van der Waals surface area contributed by atoms with Gasteiger partial charge in [-0.25, -0.2) is 0 Å². The van der Waals surface area contributed by atoms with Gasteiger partial charge in [-0.15, -0.1) is 0 Å². The van der Waals surface area contributed by atoms with Crippen molar-refractivity contribution in [1.82, 2.24) is 5.32 Å². The molecular formula is C12H23NO3. The van der Waals surface area contributed by atoms with Gasteiger partial charge in [0.15, 0.2) is 0 Å². The highest BCUT2D eigenvalue weighted by Crippen LogP contribution is 2.33. The molecule has 1 amide bonds. The molecular weight excluding hydrogens is 206 g/mol. The van der Waals surface area contributed by atoms with Crippen molar-refractivity contribution < 1.29 is 14.6 Å². The highest BCUT2D eigenvalue weighted by Gasteiger charge is 2.31. The molecule has 0 aromatic rings. The number of carbonyl (C=O) groups is 1. The first-order valence-electron chi connectivity index (χ1n) is 6.19. The van der Waals surface area contributed by atoms with E-state index in [1.54, 1.807) is 0 Å². The molecule has 1 aliphatic rings. The average Bonchev–Trinajstić information content (AvgIpc) is 3.09. The average molecular weight is 229 g/mol. The maximum absolute atomic E-state index is 11.6. The van der Waals surface area contributed by atoms with Crippen molar-refractivity contribution >= 4 is 5.91 Å². The third-order valence-corrected chi connectivity index (χ3v) is 3.05. The van der Waals surface area contributed by atoms with E-state index in [-0.39, 0.29) is 31.3 Å². The van der Waals surface area contributed by atoms with Gasteiger partial charge in [-0.2, -0.15) is 0 Å². The van der Waals surface area contributed by atoms with Crippen molar-refractivity contribution in [2.45, 2.75) is 51.7 Å². The van der Waals surface area contributed by atoms with Gasteiger partial charge in [0.25, 0.3) is 0 Å². The van der Waals surface area contributed by atoms with Gasteiger partial charge in [0.05, 0.1) is 6.10 Å². The van der Waals surface area contributed by atoms with E-state index in [0.29, 0.717) is 12.3 Å². The van der Waals surface area contributed by atoms with Crippen LogP contribution in [0.1, 0.15) is 39.5 Å². The third kappa shape index (κ3) is 4.94. The fourth-order valence-electron chi connectivity index (χ4n) is 1.65. The van der Waals surface area contributed by atoms with Gasteiger partial charge in [-0.3, -0.25) is 4.79 Å². The molecule has 0 aromatic heterocycles. The number of carbonyl (C=O) groups excluding carboxylic acids is 1. The maximum Gasteiger partial charge on any atom is 0.246 e. The van der Waals surface area contributed by atoms with Crippen molar-refractivity contribution in [1.29, 1.82) is 0 Å². The van der Waals surface area contributed by atoms with Crippen LogP contribution in [0.4, 0.5) is 0 Å². The Morgan fingerprint density at radius 3 is 2.75 bits per heavy atom. The fourth-order valence-corrected chi connectivity index (χ4v) is 1.65. The summed E-state index contributed by atoms with van der Waals surface area (Å²) in [5.74, 6) is 0.505. The quantitative estimate of drug-likeness (QED) is 0.655. The summed E-state index contributed by atoms with van der Waals surface area (Å²) in [5.41, 5.74) is 0. The van der Waals surface area contributed by atoms with E-state index in [1.807, 2.05) is 13.8 Å². The molecule has 0 aliphatic heterocycles. The molecule has 2 atom stereocenters. The summed E-state index contributed by atoms with van der Waals surface area (Å²) in [6.07, 6.45) is 4.02. The number of hydrogen-bond acceptors (Lipinski definition) is 3. The molecule has 0 spiro atoms. The van der Waals surface area contributed by atoms with E-state index < -0.39 is 0 Å². The minimum atomic E-state index is -0.0642. The molecule has 16 heavy (non-hydrogen) atoms. The predicted octanol–water partition coefficient (Wildman–Crippen LogP) is 1.08. The standard InChI is InChI=1S/C12H23NO3/c1-3-9(2)16-8-12(15)13-11(6-7-14)10-4-5-10/h9-11,14H,3-8H2,1-2H3,(H,13,15). The second-order valence-electron chi connectivity index (χ2n) is 4.55. The van der Waals surface area contributed by atoms with Gasteiger partial charge in [0.2, 0.25) is 5.91 Å². The SMILES string of the molecule is CCC(C)OCC(=O)NC(CCO)C1CC1. The van der Waals surface area contributed by atoms with Crippen LogP contribution in [0, 0.1) is 5.92 Å². The zero-order valence-electron chi connectivity index (χ0n) is 10.2. The number of ether oxygens (including phenoxy) is 1. The Kier molecular flexibility index (Phi) is 5.77. The molecule has 0 aromatic carbocycles. The van der Waals surface area contributed by atoms with Gasteiger partial charge in [0, 0.05) is 12.6 Å². The minimum Gasteiger partial charge on any atom is -0.396 e. The molecule has 4 nitrogen and oxygen atoms in total. The maximum atomic E-state index is 11.6. The molecule has 4 heteroatoms. The fraction of sp³-hybridized carbons (Fsp3) is 0.917. The molecule has 1 fully saturated rings. The van der Waals surface area contributed by atoms with E-state index in [1.165, 1.54) is 0 Å². The number of aliphatic hydroxyl groups is 1. The molecule has 2 N–H and O–H groups in total. The Balaban J connectivity index is 2.20. The normalized spacial score (nSPS) is 19.2. The lowest BCUT2D eigenvalue weighted by Gasteiger charge is -2.18. The Hall–Kier alpha value is -0.610. The molecule has 0 saturated heterocycles. The minimum absolute atomic E-state index is 0.0642. The Labute approximate surface area is 97.4 Å². The van der Waals surface area contributed by atoms with Crippen LogP contribution in [0.2, 0.25) is 0 Å². The highest BCUT2D eigenvalue weighted by atomic mass is 16.5. The molecule has 1 aliphatic carbocycles. The zero-order valence-corrected chi connectivity index (χ0v) is 10.2. The van der Waals surface area contributed by atoms with Gasteiger partial charge in [-0.1, -0.05) is 6.92 Å². The molecule has 0 radical (unpaired) electrons. The molecule has 2 unspecified atom stereocenters. The van der Waals surface area contributed by atoms with Crippen LogP contribution in [0.5, 0.6) is 0 Å². The second kappa shape index (κ2) is 6.86. The summed E-state index contributed by atoms with van der Waals surface area (Å²) in [6.45, 7) is 4.25. The van der Waals surface area contributed by atoms with Gasteiger partial charge < -0.3 is 15.2 Å². The second-order valence-corrected chi connectivity index (χ2v) is 4.55. The van der Waals surface area contributed by atoms with Crippen LogP contribution < -0.4 is 5.32 Å². The lowest BCUT2D eigenvalue weighted by molar-refractivity contribution is -0.128. The molecule has 1 rings (SSSR count). The molecule has 0 heterocycles. The summed E-state index contributed by atoms with van der Waals surface area (Å²) in [7, 11) is 0. The van der Waals surface area contributed by atoms with E-state index in [0.717, 1.165) is 19.3 Å². The Bertz CT molecular complexity index is 216. The van der Waals surface area contributed by atoms with Crippen molar-refractivity contribution in [3.05, 3.63) is 0 Å². The first kappa shape index (κ1) is 13.5. The number of rotatable bonds is 8. The summed E-state index contributed by atoms with van der Waals surface area (Å²) in [6, 6.07) is 0.137. The van der Waals surface area contributed by atoms with E-state index >= 15 is 0 Å². The van der Waals surface area contributed by atoms with Crippen LogP contribution in [0.25, 0.3) is 0 Å². The predicted molar refractivity (Wildman–Crippen MR) is 62.1 cm³/mol.